The summed E-state index contributed by atoms with van der Waals surface area (Å²) in [5.41, 5.74) is 0. The van der Waals surface area contributed by atoms with E-state index in [1.54, 1.807) is 0 Å². The lowest BCUT2D eigenvalue weighted by atomic mass is 10.1. The van der Waals surface area contributed by atoms with Crippen molar-refractivity contribution in [2.45, 2.75) is 25.8 Å². The molecule has 0 unspecified atom stereocenters. The Kier molecular flexibility index (Phi) is 3.89. The molecule has 4 nitrogen and oxygen atoms in total. The number of carboxylic acids is 1. The van der Waals surface area contributed by atoms with Gasteiger partial charge in [-0.15, -0.1) is 0 Å². The highest BCUT2D eigenvalue weighted by Gasteiger charge is 2.25. The van der Waals surface area contributed by atoms with Gasteiger partial charge in [-0.05, 0) is 6.92 Å². The molecular formula is C7H10NO3+. The van der Waals surface area contributed by atoms with Crippen molar-refractivity contribution < 1.29 is 14.7 Å². The molecule has 11 heavy (non-hydrogen) atoms. The van der Waals surface area contributed by atoms with Crippen molar-refractivity contribution >= 4 is 11.8 Å². The fraction of sp³-hybridized carbons (Fsp3) is 0.571. The molecule has 0 heterocycles. The Morgan fingerprint density at radius 2 is 2.18 bits per heavy atom. The van der Waals surface area contributed by atoms with Crippen molar-refractivity contribution in [2.75, 3.05) is 0 Å². The van der Waals surface area contributed by atoms with Crippen molar-refractivity contribution in [3.63, 3.8) is 0 Å². The minimum atomic E-state index is -1.09. The first-order valence-electron chi connectivity index (χ1n) is 3.20. The van der Waals surface area contributed by atoms with Gasteiger partial charge in [0.25, 0.3) is 6.57 Å². The number of aliphatic carboxylic acids is 1. The average Bonchev–Trinajstić information content (AvgIpc) is 1.87. The second-order valence-electron chi connectivity index (χ2n) is 2.24. The summed E-state index contributed by atoms with van der Waals surface area (Å²) < 4.78 is 0. The maximum absolute atomic E-state index is 10.4. The molecule has 0 aliphatic heterocycles. The number of ketones is 1. The molecule has 0 saturated carbocycles. The van der Waals surface area contributed by atoms with E-state index in [0.29, 0.717) is 0 Å². The molecule has 0 rings (SSSR count). The van der Waals surface area contributed by atoms with Gasteiger partial charge in [-0.1, -0.05) is 4.85 Å². The van der Waals surface area contributed by atoms with Gasteiger partial charge in [0.1, 0.15) is 5.78 Å². The average molecular weight is 156 g/mol. The summed E-state index contributed by atoms with van der Waals surface area (Å²) >= 11 is 0. The van der Waals surface area contributed by atoms with Gasteiger partial charge in [0.2, 0.25) is 0 Å². The van der Waals surface area contributed by atoms with Crippen LogP contribution in [0.25, 0.3) is 4.85 Å². The molecule has 0 aliphatic carbocycles. The number of hydrogen-bond donors (Lipinski definition) is 1. The van der Waals surface area contributed by atoms with Gasteiger partial charge in [0, 0.05) is 12.8 Å². The standard InChI is InChI=1S/C7H9NO3/c1-5(9)3-4-6(8-2)7(10)11/h2,6H,3-4H2,1H3/p+1/t6-/m0/s1. The van der Waals surface area contributed by atoms with Gasteiger partial charge in [-0.3, -0.25) is 0 Å². The van der Waals surface area contributed by atoms with E-state index in [1.807, 2.05) is 0 Å². The zero-order chi connectivity index (χ0) is 8.85. The maximum Gasteiger partial charge on any atom is 0.392 e. The molecule has 0 bridgehead atoms. The molecule has 0 radical (unpaired) electrons. The minimum absolute atomic E-state index is 0.0556. The molecule has 0 amide bonds. The molecule has 0 aromatic carbocycles. The van der Waals surface area contributed by atoms with E-state index in [0.717, 1.165) is 0 Å². The summed E-state index contributed by atoms with van der Waals surface area (Å²) in [4.78, 5) is 23.8. The summed E-state index contributed by atoms with van der Waals surface area (Å²) in [6.07, 6.45) is 0.388. The summed E-state index contributed by atoms with van der Waals surface area (Å²) in [6, 6.07) is -0.945. The SMILES string of the molecule is C#[N+][C@@H](CCC(C)=O)C(=O)O. The minimum Gasteiger partial charge on any atom is -0.475 e. The number of carbonyl (C=O) groups is 2. The molecule has 0 fully saturated rings. The fourth-order valence-electron chi connectivity index (χ4n) is 0.602. The lowest BCUT2D eigenvalue weighted by molar-refractivity contribution is -0.137. The first-order valence-corrected chi connectivity index (χ1v) is 3.20. The van der Waals surface area contributed by atoms with Crippen LogP contribution < -0.4 is 0 Å². The predicted octanol–water partition coefficient (Wildman–Crippen LogP) is 0.772. The Hall–Kier alpha value is -1.37. The van der Waals surface area contributed by atoms with Crippen LogP contribution in [0.5, 0.6) is 0 Å². The van der Waals surface area contributed by atoms with Crippen LogP contribution in [0.15, 0.2) is 0 Å². The third-order valence-electron chi connectivity index (χ3n) is 1.23. The van der Waals surface area contributed by atoms with Crippen LogP contribution in [-0.4, -0.2) is 22.9 Å². The highest BCUT2D eigenvalue weighted by atomic mass is 16.4. The lowest BCUT2D eigenvalue weighted by Crippen LogP contribution is -2.16. The van der Waals surface area contributed by atoms with Crippen molar-refractivity contribution in [3.8, 4) is 6.57 Å². The summed E-state index contributed by atoms with van der Waals surface area (Å²) in [5, 5.41) is 8.40. The third-order valence-corrected chi connectivity index (χ3v) is 1.23. The Bertz CT molecular complexity index is 204. The predicted molar refractivity (Wildman–Crippen MR) is 39.6 cm³/mol. The van der Waals surface area contributed by atoms with Gasteiger partial charge in [0.05, 0.1) is 0 Å². The van der Waals surface area contributed by atoms with E-state index >= 15 is 0 Å². The fourth-order valence-corrected chi connectivity index (χ4v) is 0.602. The number of hydrogen-bond acceptors (Lipinski definition) is 2. The van der Waals surface area contributed by atoms with Crippen LogP contribution in [0.4, 0.5) is 0 Å². The Labute approximate surface area is 64.6 Å². The quantitative estimate of drug-likeness (QED) is 0.654. The zero-order valence-corrected chi connectivity index (χ0v) is 6.28. The lowest BCUT2D eigenvalue weighted by Gasteiger charge is -1.92. The molecule has 60 valence electrons. The van der Waals surface area contributed by atoms with Gasteiger partial charge in [-0.2, -0.15) is 0 Å². The molecule has 0 saturated heterocycles. The first-order chi connectivity index (χ1) is 5.07. The summed E-state index contributed by atoms with van der Waals surface area (Å²) in [7, 11) is 0. The maximum atomic E-state index is 10.4. The van der Waals surface area contributed by atoms with Gasteiger partial charge < -0.3 is 9.90 Å². The summed E-state index contributed by atoms with van der Waals surface area (Å²) in [6.45, 7) is 6.19. The van der Waals surface area contributed by atoms with Crippen LogP contribution in [0.1, 0.15) is 19.8 Å². The second-order valence-corrected chi connectivity index (χ2v) is 2.24. The smallest absolute Gasteiger partial charge is 0.392 e. The third kappa shape index (κ3) is 4.09. The normalized spacial score (nSPS) is 11.6. The van der Waals surface area contributed by atoms with E-state index in [-0.39, 0.29) is 18.6 Å². The molecule has 1 N–H and O–H groups in total. The number of rotatable bonds is 4. The van der Waals surface area contributed by atoms with Crippen molar-refractivity contribution in [2.24, 2.45) is 0 Å². The second kappa shape index (κ2) is 4.45. The molecular weight excluding hydrogens is 146 g/mol. The van der Waals surface area contributed by atoms with Crippen molar-refractivity contribution in [3.05, 3.63) is 4.85 Å². The van der Waals surface area contributed by atoms with E-state index < -0.39 is 12.0 Å². The van der Waals surface area contributed by atoms with Crippen LogP contribution >= 0.6 is 0 Å². The van der Waals surface area contributed by atoms with E-state index in [4.69, 9.17) is 11.7 Å². The van der Waals surface area contributed by atoms with Gasteiger partial charge >= 0.3 is 12.0 Å². The van der Waals surface area contributed by atoms with Crippen LogP contribution in [0.2, 0.25) is 0 Å². The molecule has 1 atom stereocenters. The van der Waals surface area contributed by atoms with E-state index in [1.165, 1.54) is 6.92 Å². The van der Waals surface area contributed by atoms with Crippen LogP contribution in [-0.2, 0) is 9.59 Å². The molecule has 0 aliphatic rings. The van der Waals surface area contributed by atoms with Crippen LogP contribution in [0, 0.1) is 6.57 Å². The summed E-state index contributed by atoms with van der Waals surface area (Å²) in [5.74, 6) is -1.14. The monoisotopic (exact) mass is 156 g/mol. The largest absolute Gasteiger partial charge is 0.475 e. The first kappa shape index (κ1) is 9.63. The number of carbonyl (C=O) groups excluding carboxylic acids is 1. The Morgan fingerprint density at radius 3 is 2.45 bits per heavy atom. The highest BCUT2D eigenvalue weighted by Crippen LogP contribution is 2.02. The van der Waals surface area contributed by atoms with Crippen molar-refractivity contribution in [1.82, 2.24) is 0 Å². The topological polar surface area (TPSA) is 58.7 Å². The Balaban J connectivity index is 3.82. The van der Waals surface area contributed by atoms with Crippen LogP contribution in [0.3, 0.4) is 0 Å². The van der Waals surface area contributed by atoms with Crippen molar-refractivity contribution in [1.29, 1.82) is 0 Å². The van der Waals surface area contributed by atoms with Gasteiger partial charge in [-0.25, -0.2) is 4.79 Å². The molecule has 0 spiro atoms. The van der Waals surface area contributed by atoms with E-state index in [2.05, 4.69) is 4.85 Å². The highest BCUT2D eigenvalue weighted by molar-refractivity contribution is 5.79. The number of Topliss-reactive ketones (excluding diaryl/α,β-unsaturated/α-hetero) is 1. The molecule has 0 aromatic heterocycles. The number of nitrogens with zero attached hydrogens (tertiary/aromatic N) is 1. The zero-order valence-electron chi connectivity index (χ0n) is 6.28. The van der Waals surface area contributed by atoms with Gasteiger partial charge in [0.15, 0.2) is 0 Å². The molecule has 4 heteroatoms. The van der Waals surface area contributed by atoms with E-state index in [9.17, 15) is 9.59 Å². The number of carboxylic acid groups (broad SMARTS) is 1. The molecule has 0 aromatic rings. The Morgan fingerprint density at radius 1 is 1.64 bits per heavy atom.